The maximum Gasteiger partial charge on any atom is 0.256 e. The summed E-state index contributed by atoms with van der Waals surface area (Å²) in [6.45, 7) is 5.08. The number of nitrogens with one attached hydrogen (secondary N) is 1. The number of nitrogen functional groups attached to an aromatic ring is 1. The first kappa shape index (κ1) is 12.9. The summed E-state index contributed by atoms with van der Waals surface area (Å²) in [4.78, 5) is 14.6. The number of hydrogen-bond donors (Lipinski definition) is 2. The lowest BCUT2D eigenvalue weighted by Gasteiger charge is -2.25. The lowest BCUT2D eigenvalue weighted by molar-refractivity contribution is 0.0723. The van der Waals surface area contributed by atoms with Crippen molar-refractivity contribution < 1.29 is 4.79 Å². The molecule has 4 nitrogen and oxygen atoms in total. The Labute approximate surface area is 108 Å². The van der Waals surface area contributed by atoms with Gasteiger partial charge in [0.05, 0.1) is 11.3 Å². The van der Waals surface area contributed by atoms with Crippen LogP contribution in [-0.2, 0) is 0 Å². The van der Waals surface area contributed by atoms with Gasteiger partial charge in [-0.1, -0.05) is 26.0 Å². The molecule has 18 heavy (non-hydrogen) atoms. The van der Waals surface area contributed by atoms with Crippen molar-refractivity contribution in [1.29, 1.82) is 0 Å². The number of hydrogen-bond acceptors (Lipinski definition) is 3. The molecule has 0 bridgehead atoms. The number of nitrogens with two attached hydrogens (primary N) is 1. The number of nitrogens with zero attached hydrogens (tertiary/aromatic N) is 1. The molecule has 4 heteroatoms. The molecule has 0 radical (unpaired) electrons. The molecule has 0 spiro atoms. The Balaban J connectivity index is 2.21. The lowest BCUT2D eigenvalue weighted by Crippen LogP contribution is -2.36. The van der Waals surface area contributed by atoms with E-state index in [-0.39, 0.29) is 5.91 Å². The second-order valence-electron chi connectivity index (χ2n) is 5.27. The molecule has 3 N–H and O–H groups in total. The van der Waals surface area contributed by atoms with Gasteiger partial charge in [0.1, 0.15) is 0 Å². The molecule has 0 atom stereocenters. The van der Waals surface area contributed by atoms with Crippen LogP contribution in [0, 0.1) is 5.92 Å². The summed E-state index contributed by atoms with van der Waals surface area (Å²) in [5.41, 5.74) is 3.95. The van der Waals surface area contributed by atoms with Crippen LogP contribution in [0.1, 0.15) is 37.0 Å². The average Bonchev–Trinajstić information content (AvgIpc) is 3.19. The Hall–Kier alpha value is -1.55. The van der Waals surface area contributed by atoms with E-state index >= 15 is 0 Å². The molecule has 0 saturated heterocycles. The Morgan fingerprint density at radius 1 is 1.44 bits per heavy atom. The summed E-state index contributed by atoms with van der Waals surface area (Å²) < 4.78 is 0. The van der Waals surface area contributed by atoms with Crippen molar-refractivity contribution >= 4 is 11.6 Å². The van der Waals surface area contributed by atoms with Crippen LogP contribution >= 0.6 is 0 Å². The lowest BCUT2D eigenvalue weighted by atomic mass is 10.1. The number of carbonyl (C=O) groups is 1. The quantitative estimate of drug-likeness (QED) is 0.619. The van der Waals surface area contributed by atoms with Crippen molar-refractivity contribution in [3.05, 3.63) is 29.8 Å². The van der Waals surface area contributed by atoms with Gasteiger partial charge in [-0.2, -0.15) is 0 Å². The topological polar surface area (TPSA) is 58.4 Å². The maximum atomic E-state index is 12.6. The van der Waals surface area contributed by atoms with Crippen LogP contribution in [0.2, 0.25) is 0 Å². The summed E-state index contributed by atoms with van der Waals surface area (Å²) >= 11 is 0. The van der Waals surface area contributed by atoms with Crippen molar-refractivity contribution in [2.45, 2.75) is 32.7 Å². The molecule has 98 valence electrons. The fraction of sp³-hybridized carbons (Fsp3) is 0.500. The van der Waals surface area contributed by atoms with E-state index in [0.717, 1.165) is 19.4 Å². The number of rotatable bonds is 5. The van der Waals surface area contributed by atoms with Crippen molar-refractivity contribution in [3.63, 3.8) is 0 Å². The molecule has 1 saturated carbocycles. The zero-order valence-corrected chi connectivity index (χ0v) is 11.0. The Morgan fingerprint density at radius 2 is 2.11 bits per heavy atom. The van der Waals surface area contributed by atoms with Gasteiger partial charge in [-0.3, -0.25) is 10.6 Å². The minimum absolute atomic E-state index is 0.0831. The van der Waals surface area contributed by atoms with Crippen LogP contribution in [0.5, 0.6) is 0 Å². The summed E-state index contributed by atoms with van der Waals surface area (Å²) in [5.74, 6) is 6.02. The smallest absolute Gasteiger partial charge is 0.256 e. The highest BCUT2D eigenvalue weighted by atomic mass is 16.2. The fourth-order valence-corrected chi connectivity index (χ4v) is 2.13. The number of anilines is 1. The second-order valence-corrected chi connectivity index (χ2v) is 5.27. The largest absolute Gasteiger partial charge is 0.335 e. The molecule has 1 amide bonds. The summed E-state index contributed by atoms with van der Waals surface area (Å²) in [5, 5.41) is 0. The third kappa shape index (κ3) is 2.82. The Kier molecular flexibility index (Phi) is 3.87. The van der Waals surface area contributed by atoms with E-state index in [0.29, 0.717) is 23.2 Å². The van der Waals surface area contributed by atoms with E-state index in [1.807, 2.05) is 29.2 Å². The van der Waals surface area contributed by atoms with E-state index in [4.69, 9.17) is 5.84 Å². The van der Waals surface area contributed by atoms with Crippen molar-refractivity contribution in [3.8, 4) is 0 Å². The Bertz CT molecular complexity index is 427. The van der Waals surface area contributed by atoms with Crippen LogP contribution in [-0.4, -0.2) is 23.4 Å². The van der Waals surface area contributed by atoms with Crippen LogP contribution in [0.4, 0.5) is 5.69 Å². The normalized spacial score (nSPS) is 14.7. The van der Waals surface area contributed by atoms with Crippen LogP contribution in [0.15, 0.2) is 24.3 Å². The number of para-hydroxylation sites is 1. The average molecular weight is 247 g/mol. The maximum absolute atomic E-state index is 12.6. The van der Waals surface area contributed by atoms with Crippen molar-refractivity contribution in [2.24, 2.45) is 11.8 Å². The molecule has 0 heterocycles. The molecule has 1 fully saturated rings. The number of amides is 1. The minimum Gasteiger partial charge on any atom is -0.335 e. The van der Waals surface area contributed by atoms with Crippen molar-refractivity contribution in [1.82, 2.24) is 4.90 Å². The van der Waals surface area contributed by atoms with E-state index in [9.17, 15) is 4.79 Å². The molecular formula is C14H21N3O. The highest BCUT2D eigenvalue weighted by molar-refractivity contribution is 5.99. The number of benzene rings is 1. The minimum atomic E-state index is 0.0831. The van der Waals surface area contributed by atoms with E-state index in [1.165, 1.54) is 0 Å². The van der Waals surface area contributed by atoms with Crippen LogP contribution in [0.25, 0.3) is 0 Å². The van der Waals surface area contributed by atoms with Gasteiger partial charge in [-0.25, -0.2) is 0 Å². The van der Waals surface area contributed by atoms with E-state index in [1.54, 1.807) is 0 Å². The predicted molar refractivity (Wildman–Crippen MR) is 73.1 cm³/mol. The Morgan fingerprint density at radius 3 is 2.67 bits per heavy atom. The van der Waals surface area contributed by atoms with Gasteiger partial charge in [0.2, 0.25) is 0 Å². The van der Waals surface area contributed by atoms with E-state index in [2.05, 4.69) is 19.3 Å². The molecule has 1 aromatic rings. The van der Waals surface area contributed by atoms with Gasteiger partial charge in [0.15, 0.2) is 0 Å². The molecule has 1 aliphatic rings. The van der Waals surface area contributed by atoms with Crippen LogP contribution in [0.3, 0.4) is 0 Å². The van der Waals surface area contributed by atoms with Gasteiger partial charge < -0.3 is 10.3 Å². The first-order valence-electron chi connectivity index (χ1n) is 6.50. The molecule has 1 aromatic carbocycles. The van der Waals surface area contributed by atoms with Gasteiger partial charge in [0, 0.05) is 12.6 Å². The first-order chi connectivity index (χ1) is 8.63. The number of carbonyl (C=O) groups excluding carboxylic acids is 1. The van der Waals surface area contributed by atoms with Gasteiger partial charge in [-0.15, -0.1) is 0 Å². The zero-order valence-electron chi connectivity index (χ0n) is 11.0. The van der Waals surface area contributed by atoms with Gasteiger partial charge >= 0.3 is 0 Å². The summed E-state index contributed by atoms with van der Waals surface area (Å²) in [6, 6.07) is 7.82. The zero-order chi connectivity index (χ0) is 13.1. The fourth-order valence-electron chi connectivity index (χ4n) is 2.13. The molecule has 1 aliphatic carbocycles. The van der Waals surface area contributed by atoms with Gasteiger partial charge in [0.25, 0.3) is 5.91 Å². The third-order valence-electron chi connectivity index (χ3n) is 3.12. The molecule has 2 rings (SSSR count). The molecule has 0 unspecified atom stereocenters. The summed E-state index contributed by atoms with van der Waals surface area (Å²) in [6.07, 6.45) is 2.24. The highest BCUT2D eigenvalue weighted by Crippen LogP contribution is 2.30. The first-order valence-corrected chi connectivity index (χ1v) is 6.50. The monoisotopic (exact) mass is 247 g/mol. The summed E-state index contributed by atoms with van der Waals surface area (Å²) in [7, 11) is 0. The van der Waals surface area contributed by atoms with Gasteiger partial charge in [-0.05, 0) is 30.9 Å². The highest BCUT2D eigenvalue weighted by Gasteiger charge is 2.33. The standard InChI is InChI=1S/C14H21N3O/c1-10(2)9-17(11-7-8-11)14(18)12-5-3-4-6-13(12)16-15/h3-6,10-11,16H,7-9,15H2,1-2H3. The number of hydrazine groups is 1. The molecule has 0 aromatic heterocycles. The van der Waals surface area contributed by atoms with Crippen molar-refractivity contribution in [2.75, 3.05) is 12.0 Å². The van der Waals surface area contributed by atoms with E-state index < -0.39 is 0 Å². The second kappa shape index (κ2) is 5.40. The predicted octanol–water partition coefficient (Wildman–Crippen LogP) is 2.23. The molecule has 0 aliphatic heterocycles. The third-order valence-corrected chi connectivity index (χ3v) is 3.12. The SMILES string of the molecule is CC(C)CN(C(=O)c1ccccc1NN)C1CC1. The molecular weight excluding hydrogens is 226 g/mol. The van der Waals surface area contributed by atoms with Crippen LogP contribution < -0.4 is 11.3 Å².